The topological polar surface area (TPSA) is 278 Å². The van der Waals surface area contributed by atoms with Gasteiger partial charge in [-0.05, 0) is 0 Å². The molecule has 0 bridgehead atoms. The largest absolute Gasteiger partial charge is 0.394 e. The van der Waals surface area contributed by atoms with Crippen LogP contribution in [0.25, 0.3) is 0 Å². The molecule has 0 aromatic heterocycles. The van der Waals surface area contributed by atoms with Gasteiger partial charge in [-0.1, -0.05) is 0 Å². The minimum atomic E-state index is -1.92. The van der Waals surface area contributed by atoms with Crippen molar-refractivity contribution in [2.75, 3.05) is 19.8 Å². The van der Waals surface area contributed by atoms with E-state index in [0.717, 1.165) is 6.92 Å². The molecule has 0 unspecified atom stereocenters. The molecule has 3 rings (SSSR count). The van der Waals surface area contributed by atoms with E-state index < -0.39 is 118 Å². The summed E-state index contributed by atoms with van der Waals surface area (Å²) in [6.07, 6.45) is -23.2. The van der Waals surface area contributed by atoms with E-state index in [9.17, 15) is 55.9 Å². The average Bonchev–Trinajstić information content (AvgIpc) is 2.87. The SMILES string of the molecule is CC(=O)N[C@@H]1[C@@H](O)[C@H](O[C@@H]2O[C@H](CO)[C@H](O[C@@H]3O[C@H](CO)[C@H](O)[C@H](O)[C@H]3O)[C@H](O)[C@H]2O)[C@@H](CO)O[C@@H]1O. The number of ether oxygens (including phenoxy) is 5. The monoisotopic (exact) mass is 545 g/mol. The molecule has 0 aliphatic carbocycles. The van der Waals surface area contributed by atoms with Crippen molar-refractivity contribution in [3.63, 3.8) is 0 Å². The summed E-state index contributed by atoms with van der Waals surface area (Å²) in [5, 5.41) is 103. The van der Waals surface area contributed by atoms with Crippen LogP contribution in [0.1, 0.15) is 6.92 Å². The summed E-state index contributed by atoms with van der Waals surface area (Å²) in [5.41, 5.74) is 0. The van der Waals surface area contributed by atoms with Crippen LogP contribution in [0.5, 0.6) is 0 Å². The number of aliphatic hydroxyl groups excluding tert-OH is 10. The van der Waals surface area contributed by atoms with Gasteiger partial charge in [0, 0.05) is 6.92 Å². The zero-order valence-electron chi connectivity index (χ0n) is 19.7. The second-order valence-corrected chi connectivity index (χ2v) is 9.07. The summed E-state index contributed by atoms with van der Waals surface area (Å²) in [5.74, 6) is -0.620. The Morgan fingerprint density at radius 2 is 1.11 bits per heavy atom. The van der Waals surface area contributed by atoms with Crippen molar-refractivity contribution in [2.24, 2.45) is 0 Å². The van der Waals surface area contributed by atoms with Gasteiger partial charge in [0.05, 0.1) is 19.8 Å². The highest BCUT2D eigenvalue weighted by Gasteiger charge is 2.53. The first-order valence-electron chi connectivity index (χ1n) is 11.6. The van der Waals surface area contributed by atoms with E-state index in [2.05, 4.69) is 5.32 Å². The molecule has 3 fully saturated rings. The molecular weight excluding hydrogens is 510 g/mol. The van der Waals surface area contributed by atoms with Gasteiger partial charge in [0.15, 0.2) is 18.9 Å². The van der Waals surface area contributed by atoms with E-state index in [4.69, 9.17) is 23.7 Å². The molecule has 216 valence electrons. The van der Waals surface area contributed by atoms with Gasteiger partial charge in [-0.3, -0.25) is 4.79 Å². The summed E-state index contributed by atoms with van der Waals surface area (Å²) < 4.78 is 26.9. The van der Waals surface area contributed by atoms with Gasteiger partial charge in [0.25, 0.3) is 0 Å². The highest BCUT2D eigenvalue weighted by Crippen LogP contribution is 2.32. The number of carbonyl (C=O) groups excluding carboxylic acids is 1. The van der Waals surface area contributed by atoms with Crippen molar-refractivity contribution in [2.45, 2.75) is 99.0 Å². The third-order valence-electron chi connectivity index (χ3n) is 6.49. The van der Waals surface area contributed by atoms with Gasteiger partial charge in [-0.15, -0.1) is 0 Å². The van der Waals surface area contributed by atoms with Crippen LogP contribution in [0.15, 0.2) is 0 Å². The lowest BCUT2D eigenvalue weighted by atomic mass is 9.95. The minimum Gasteiger partial charge on any atom is -0.394 e. The van der Waals surface area contributed by atoms with Crippen LogP contribution in [0, 0.1) is 0 Å². The zero-order valence-corrected chi connectivity index (χ0v) is 19.7. The van der Waals surface area contributed by atoms with Gasteiger partial charge in [-0.25, -0.2) is 0 Å². The molecule has 0 aromatic carbocycles. The highest BCUT2D eigenvalue weighted by atomic mass is 16.7. The van der Waals surface area contributed by atoms with E-state index in [1.165, 1.54) is 0 Å². The Balaban J connectivity index is 1.74. The lowest BCUT2D eigenvalue weighted by Crippen LogP contribution is -2.68. The predicted molar refractivity (Wildman–Crippen MR) is 113 cm³/mol. The number of amides is 1. The van der Waals surface area contributed by atoms with Gasteiger partial charge in [-0.2, -0.15) is 0 Å². The zero-order chi connectivity index (χ0) is 27.6. The van der Waals surface area contributed by atoms with E-state index in [1.54, 1.807) is 0 Å². The van der Waals surface area contributed by atoms with Crippen molar-refractivity contribution >= 4 is 5.91 Å². The van der Waals surface area contributed by atoms with Crippen LogP contribution in [0.4, 0.5) is 0 Å². The Hall–Kier alpha value is -1.13. The molecule has 1 amide bonds. The first-order valence-corrected chi connectivity index (χ1v) is 11.6. The standard InChI is InChI=1S/C20H35NO16/c1-5(25)21-9-11(27)16(7(3-23)33-18(9)32)36-20-15(31)13(29)17(8(4-24)35-20)37-19-14(30)12(28)10(26)6(2-22)34-19/h6-20,22-24,26-32H,2-4H2,1H3,(H,21,25)/t6-,7-,8-,9-,10+,11-,12+,13-,14-,15-,16-,17+,18+,19+,20+/m1/s1. The van der Waals surface area contributed by atoms with Gasteiger partial charge >= 0.3 is 0 Å². The van der Waals surface area contributed by atoms with Crippen LogP contribution in [0.3, 0.4) is 0 Å². The molecule has 0 saturated carbocycles. The Kier molecular flexibility index (Phi) is 10.5. The fourth-order valence-electron chi connectivity index (χ4n) is 4.46. The van der Waals surface area contributed by atoms with Crippen LogP contribution < -0.4 is 5.32 Å². The van der Waals surface area contributed by atoms with Crippen molar-refractivity contribution in [1.82, 2.24) is 5.32 Å². The summed E-state index contributed by atoms with van der Waals surface area (Å²) >= 11 is 0. The first kappa shape index (κ1) is 30.4. The molecule has 3 heterocycles. The van der Waals surface area contributed by atoms with Crippen molar-refractivity contribution in [1.29, 1.82) is 0 Å². The molecule has 17 nitrogen and oxygen atoms in total. The molecule has 0 aromatic rings. The van der Waals surface area contributed by atoms with Crippen molar-refractivity contribution in [3.8, 4) is 0 Å². The number of hydrogen-bond donors (Lipinski definition) is 11. The number of rotatable bonds is 8. The van der Waals surface area contributed by atoms with E-state index in [1.807, 2.05) is 0 Å². The highest BCUT2D eigenvalue weighted by molar-refractivity contribution is 5.73. The van der Waals surface area contributed by atoms with Crippen molar-refractivity contribution < 1.29 is 79.5 Å². The quantitative estimate of drug-likeness (QED) is 0.135. The molecule has 17 heteroatoms. The molecule has 15 atom stereocenters. The van der Waals surface area contributed by atoms with Gasteiger partial charge in [0.2, 0.25) is 5.91 Å². The summed E-state index contributed by atoms with van der Waals surface area (Å²) in [7, 11) is 0. The van der Waals surface area contributed by atoms with Crippen LogP contribution in [0.2, 0.25) is 0 Å². The maximum Gasteiger partial charge on any atom is 0.217 e. The molecule has 3 aliphatic rings. The lowest BCUT2D eigenvalue weighted by Gasteiger charge is -2.48. The first-order chi connectivity index (χ1) is 17.4. The molecule has 3 saturated heterocycles. The van der Waals surface area contributed by atoms with Gasteiger partial charge < -0.3 is 80.1 Å². The number of carbonyl (C=O) groups is 1. The second-order valence-electron chi connectivity index (χ2n) is 9.07. The Morgan fingerprint density at radius 1 is 0.649 bits per heavy atom. The van der Waals surface area contributed by atoms with Crippen LogP contribution >= 0.6 is 0 Å². The third-order valence-corrected chi connectivity index (χ3v) is 6.49. The molecular formula is C20H35NO16. The Bertz CT molecular complexity index is 743. The normalized spacial score (nSPS) is 49.0. The molecule has 37 heavy (non-hydrogen) atoms. The van der Waals surface area contributed by atoms with E-state index in [0.29, 0.717) is 0 Å². The average molecular weight is 545 g/mol. The third kappa shape index (κ3) is 6.38. The molecule has 0 spiro atoms. The minimum absolute atomic E-state index is 0.620. The summed E-state index contributed by atoms with van der Waals surface area (Å²) in [6.45, 7) is -1.21. The fraction of sp³-hybridized carbons (Fsp3) is 0.950. The van der Waals surface area contributed by atoms with Crippen LogP contribution in [-0.2, 0) is 28.5 Å². The maximum atomic E-state index is 11.4. The van der Waals surface area contributed by atoms with Gasteiger partial charge in [0.1, 0.15) is 73.2 Å². The van der Waals surface area contributed by atoms with Crippen molar-refractivity contribution in [3.05, 3.63) is 0 Å². The Morgan fingerprint density at radius 3 is 1.62 bits per heavy atom. The smallest absolute Gasteiger partial charge is 0.217 e. The summed E-state index contributed by atoms with van der Waals surface area (Å²) in [6, 6.07) is -1.38. The maximum absolute atomic E-state index is 11.4. The second kappa shape index (κ2) is 12.8. The number of aliphatic hydroxyl groups is 10. The predicted octanol–water partition coefficient (Wildman–Crippen LogP) is -7.43. The van der Waals surface area contributed by atoms with E-state index >= 15 is 0 Å². The number of nitrogens with one attached hydrogen (secondary N) is 1. The van der Waals surface area contributed by atoms with Crippen LogP contribution in [-0.4, -0.2) is 169 Å². The summed E-state index contributed by atoms with van der Waals surface area (Å²) in [4.78, 5) is 11.4. The fourth-order valence-corrected chi connectivity index (χ4v) is 4.46. The molecule has 0 radical (unpaired) electrons. The van der Waals surface area contributed by atoms with E-state index in [-0.39, 0.29) is 0 Å². The Labute approximate surface area is 210 Å². The molecule has 11 N–H and O–H groups in total. The lowest BCUT2D eigenvalue weighted by molar-refractivity contribution is -0.373. The molecule has 3 aliphatic heterocycles. The number of hydrogen-bond acceptors (Lipinski definition) is 16.